The Hall–Kier alpha value is -3.09. The first-order valence-electron chi connectivity index (χ1n) is 9.05. The first-order valence-corrected chi connectivity index (χ1v) is 9.05. The van der Waals surface area contributed by atoms with Crippen LogP contribution in [0.25, 0.3) is 22.0 Å². The number of anilines is 2. The summed E-state index contributed by atoms with van der Waals surface area (Å²) < 4.78 is 13.1. The molecule has 6 nitrogen and oxygen atoms in total. The molecule has 3 heterocycles. The van der Waals surface area contributed by atoms with Gasteiger partial charge in [-0.2, -0.15) is 0 Å². The zero-order valence-corrected chi connectivity index (χ0v) is 14.5. The number of aromatic nitrogens is 3. The minimum Gasteiger partial charge on any atom is -0.383 e. The van der Waals surface area contributed by atoms with E-state index in [1.165, 1.54) is 18.4 Å². The van der Waals surface area contributed by atoms with Crippen LogP contribution in [0.4, 0.5) is 16.0 Å². The minimum absolute atomic E-state index is 0.283. The Bertz CT molecular complexity index is 1070. The van der Waals surface area contributed by atoms with Gasteiger partial charge < -0.3 is 11.1 Å². The van der Waals surface area contributed by atoms with E-state index in [9.17, 15) is 9.18 Å². The van der Waals surface area contributed by atoms with Gasteiger partial charge in [-0.05, 0) is 54.3 Å². The Balaban J connectivity index is 1.54. The fraction of sp³-hybridized carbons (Fsp3) is 0.300. The van der Waals surface area contributed by atoms with Gasteiger partial charge in [-0.1, -0.05) is 0 Å². The van der Waals surface area contributed by atoms with Gasteiger partial charge in [0.25, 0.3) is 0 Å². The van der Waals surface area contributed by atoms with Crippen molar-refractivity contribution in [2.45, 2.75) is 31.4 Å². The molecule has 0 bridgehead atoms. The van der Waals surface area contributed by atoms with Crippen LogP contribution in [-0.2, 0) is 4.79 Å². The van der Waals surface area contributed by atoms with Crippen LogP contribution in [-0.4, -0.2) is 27.0 Å². The van der Waals surface area contributed by atoms with Crippen molar-refractivity contribution in [3.63, 3.8) is 0 Å². The van der Waals surface area contributed by atoms with E-state index in [0.29, 0.717) is 22.9 Å². The lowest BCUT2D eigenvalue weighted by atomic mass is 10.0. The number of hydrogen-bond donors (Lipinski definition) is 2. The number of carbonyl (C=O) groups excluding carboxylic acids is 1. The number of fused-ring (bicyclic) bond motifs is 1. The number of amides is 1. The van der Waals surface area contributed by atoms with Crippen LogP contribution in [0.2, 0.25) is 0 Å². The molecule has 1 amide bonds. The lowest BCUT2D eigenvalue weighted by molar-refractivity contribution is -0.117. The number of halogens is 1. The first-order chi connectivity index (χ1) is 13.1. The summed E-state index contributed by atoms with van der Waals surface area (Å²) >= 11 is 0. The van der Waals surface area contributed by atoms with Gasteiger partial charge in [-0.15, -0.1) is 0 Å². The largest absolute Gasteiger partial charge is 0.383 e. The van der Waals surface area contributed by atoms with Crippen molar-refractivity contribution in [2.75, 3.05) is 11.1 Å². The lowest BCUT2D eigenvalue weighted by Crippen LogP contribution is -2.15. The van der Waals surface area contributed by atoms with Crippen LogP contribution in [0.5, 0.6) is 0 Å². The predicted molar refractivity (Wildman–Crippen MR) is 101 cm³/mol. The average molecular weight is 363 g/mol. The van der Waals surface area contributed by atoms with Gasteiger partial charge in [0.2, 0.25) is 5.91 Å². The molecular formula is C20H18FN5O. The quantitative estimate of drug-likeness (QED) is 0.740. The molecule has 3 aromatic rings. The number of nitrogens with two attached hydrogens (primary N) is 1. The third-order valence-electron chi connectivity index (χ3n) is 5.19. The molecule has 2 saturated carbocycles. The summed E-state index contributed by atoms with van der Waals surface area (Å²) in [5.41, 5.74) is 9.13. The van der Waals surface area contributed by atoms with Crippen LogP contribution in [0.1, 0.15) is 30.7 Å². The highest BCUT2D eigenvalue weighted by molar-refractivity contribution is 5.98. The topological polar surface area (TPSA) is 93.8 Å². The van der Waals surface area contributed by atoms with Crippen molar-refractivity contribution in [1.29, 1.82) is 0 Å². The SMILES string of the molecule is Nc1nc(-c2cnccc2C2CC2)cc2cc(NC(=O)C3CC3F)ncc12. The number of nitrogen functional groups attached to an aromatic ring is 1. The number of pyridine rings is 3. The van der Waals surface area contributed by atoms with Gasteiger partial charge in [-0.3, -0.25) is 9.78 Å². The van der Waals surface area contributed by atoms with Gasteiger partial charge in [-0.25, -0.2) is 14.4 Å². The maximum absolute atomic E-state index is 13.1. The third kappa shape index (κ3) is 2.99. The first kappa shape index (κ1) is 16.1. The molecule has 0 spiro atoms. The summed E-state index contributed by atoms with van der Waals surface area (Å²) in [7, 11) is 0. The van der Waals surface area contributed by atoms with Crippen molar-refractivity contribution in [3.05, 3.63) is 42.4 Å². The highest BCUT2D eigenvalue weighted by Gasteiger charge is 2.43. The van der Waals surface area contributed by atoms with Gasteiger partial charge in [0, 0.05) is 29.5 Å². The van der Waals surface area contributed by atoms with Crippen LogP contribution in [0, 0.1) is 5.92 Å². The Kier molecular flexibility index (Phi) is 3.56. The molecule has 3 aromatic heterocycles. The molecule has 2 fully saturated rings. The Labute approximate surface area is 155 Å². The zero-order chi connectivity index (χ0) is 18.5. The van der Waals surface area contributed by atoms with Crippen molar-refractivity contribution in [3.8, 4) is 11.3 Å². The fourth-order valence-corrected chi connectivity index (χ4v) is 3.40. The molecule has 0 aliphatic heterocycles. The maximum Gasteiger partial charge on any atom is 0.231 e. The molecule has 2 aliphatic rings. The Morgan fingerprint density at radius 1 is 1.26 bits per heavy atom. The monoisotopic (exact) mass is 363 g/mol. The highest BCUT2D eigenvalue weighted by Crippen LogP contribution is 2.44. The molecule has 2 aliphatic carbocycles. The number of rotatable bonds is 4. The second kappa shape index (κ2) is 5.97. The highest BCUT2D eigenvalue weighted by atomic mass is 19.1. The molecule has 7 heteroatoms. The maximum atomic E-state index is 13.1. The van der Waals surface area contributed by atoms with Crippen molar-refractivity contribution >= 4 is 28.3 Å². The molecule has 5 rings (SSSR count). The van der Waals surface area contributed by atoms with E-state index in [-0.39, 0.29) is 12.3 Å². The van der Waals surface area contributed by atoms with Gasteiger partial charge in [0.15, 0.2) is 0 Å². The van der Waals surface area contributed by atoms with Gasteiger partial charge in [0.1, 0.15) is 17.8 Å². The molecule has 136 valence electrons. The molecule has 0 saturated heterocycles. The summed E-state index contributed by atoms with van der Waals surface area (Å²) in [4.78, 5) is 25.0. The molecular weight excluding hydrogens is 345 g/mol. The molecule has 0 aromatic carbocycles. The van der Waals surface area contributed by atoms with E-state index >= 15 is 0 Å². The summed E-state index contributed by atoms with van der Waals surface area (Å²) in [5.74, 6) is 0.430. The van der Waals surface area contributed by atoms with Crippen LogP contribution >= 0.6 is 0 Å². The second-order valence-electron chi connectivity index (χ2n) is 7.27. The van der Waals surface area contributed by atoms with Crippen molar-refractivity contribution in [1.82, 2.24) is 15.0 Å². The molecule has 3 N–H and O–H groups in total. The summed E-state index contributed by atoms with van der Waals surface area (Å²) in [5, 5.41) is 4.21. The van der Waals surface area contributed by atoms with E-state index in [4.69, 9.17) is 5.73 Å². The predicted octanol–water partition coefficient (Wildman–Crippen LogP) is 3.45. The lowest BCUT2D eigenvalue weighted by Gasteiger charge is -2.11. The number of carbonyl (C=O) groups is 1. The Morgan fingerprint density at radius 2 is 2.07 bits per heavy atom. The van der Waals surface area contributed by atoms with Crippen molar-refractivity contribution in [2.24, 2.45) is 5.92 Å². The normalized spacial score (nSPS) is 21.2. The van der Waals surface area contributed by atoms with E-state index in [2.05, 4.69) is 20.3 Å². The molecule has 0 radical (unpaired) electrons. The smallest absolute Gasteiger partial charge is 0.231 e. The third-order valence-corrected chi connectivity index (χ3v) is 5.19. The van der Waals surface area contributed by atoms with Crippen LogP contribution in [0.3, 0.4) is 0 Å². The number of alkyl halides is 1. The summed E-state index contributed by atoms with van der Waals surface area (Å²) in [6, 6.07) is 5.72. The Morgan fingerprint density at radius 3 is 2.81 bits per heavy atom. The van der Waals surface area contributed by atoms with E-state index in [0.717, 1.165) is 16.6 Å². The molecule has 27 heavy (non-hydrogen) atoms. The fourth-order valence-electron chi connectivity index (χ4n) is 3.40. The second-order valence-corrected chi connectivity index (χ2v) is 7.27. The zero-order valence-electron chi connectivity index (χ0n) is 14.5. The summed E-state index contributed by atoms with van der Waals surface area (Å²) in [6.45, 7) is 0. The van der Waals surface area contributed by atoms with E-state index in [1.807, 2.05) is 18.3 Å². The van der Waals surface area contributed by atoms with Gasteiger partial charge in [0.05, 0.1) is 11.6 Å². The summed E-state index contributed by atoms with van der Waals surface area (Å²) in [6.07, 6.45) is 6.80. The minimum atomic E-state index is -1.04. The van der Waals surface area contributed by atoms with E-state index in [1.54, 1.807) is 18.5 Å². The van der Waals surface area contributed by atoms with Crippen molar-refractivity contribution < 1.29 is 9.18 Å². The van der Waals surface area contributed by atoms with Crippen LogP contribution < -0.4 is 11.1 Å². The van der Waals surface area contributed by atoms with E-state index < -0.39 is 12.1 Å². The standard InChI is InChI=1S/C20H18FN5O/c21-16-7-13(16)20(27)26-18-6-11-5-17(25-19(22)14(11)9-24-18)15-8-23-4-3-12(15)10-1-2-10/h3-6,8-10,13,16H,1-2,7H2,(H2,22,25)(H,24,26,27). The van der Waals surface area contributed by atoms with Gasteiger partial charge >= 0.3 is 0 Å². The molecule has 2 unspecified atom stereocenters. The number of hydrogen-bond acceptors (Lipinski definition) is 5. The molecule has 2 atom stereocenters. The average Bonchev–Trinajstić information content (AvgIpc) is 3.57. The number of nitrogens with one attached hydrogen (secondary N) is 1. The number of nitrogens with zero attached hydrogens (tertiary/aromatic N) is 3. The van der Waals surface area contributed by atoms with Crippen LogP contribution in [0.15, 0.2) is 36.8 Å².